The fraction of sp³-hybridized carbons (Fsp3) is 0.286. The van der Waals surface area contributed by atoms with Crippen LogP contribution in [0.15, 0.2) is 24.5 Å². The Kier molecular flexibility index (Phi) is 4.24. The van der Waals surface area contributed by atoms with Crippen molar-refractivity contribution in [2.45, 2.75) is 13.3 Å². The summed E-state index contributed by atoms with van der Waals surface area (Å²) >= 11 is 0. The van der Waals surface area contributed by atoms with E-state index < -0.39 is 0 Å². The van der Waals surface area contributed by atoms with Crippen molar-refractivity contribution in [2.24, 2.45) is 0 Å². The fourth-order valence-electron chi connectivity index (χ4n) is 1.91. The molecule has 2 aromatic rings. The highest BCUT2D eigenvalue weighted by molar-refractivity contribution is 5.69. The third-order valence-corrected chi connectivity index (χ3v) is 2.99. The molecule has 0 fully saturated rings. The molecule has 0 amide bonds. The van der Waals surface area contributed by atoms with Crippen LogP contribution in [0, 0.1) is 0 Å². The first-order chi connectivity index (χ1) is 9.69. The third-order valence-electron chi connectivity index (χ3n) is 2.99. The third kappa shape index (κ3) is 2.74. The van der Waals surface area contributed by atoms with Gasteiger partial charge in [0.25, 0.3) is 0 Å². The fourth-order valence-corrected chi connectivity index (χ4v) is 1.91. The van der Waals surface area contributed by atoms with Crippen molar-refractivity contribution in [2.75, 3.05) is 25.3 Å². The van der Waals surface area contributed by atoms with Gasteiger partial charge in [0.05, 0.1) is 19.9 Å². The number of benzene rings is 1. The van der Waals surface area contributed by atoms with E-state index in [1.54, 1.807) is 20.3 Å². The minimum absolute atomic E-state index is 0.484. The van der Waals surface area contributed by atoms with Crippen molar-refractivity contribution in [3.63, 3.8) is 0 Å². The molecule has 2 rings (SSSR count). The lowest BCUT2D eigenvalue weighted by molar-refractivity contribution is 0.395. The summed E-state index contributed by atoms with van der Waals surface area (Å²) in [7, 11) is 3.22. The summed E-state index contributed by atoms with van der Waals surface area (Å²) in [5.41, 5.74) is 7.53. The van der Waals surface area contributed by atoms with E-state index in [9.17, 15) is 0 Å². The Morgan fingerprint density at radius 2 is 2.00 bits per heavy atom. The Bertz CT molecular complexity index is 602. The van der Waals surface area contributed by atoms with Crippen molar-refractivity contribution in [1.29, 1.82) is 0 Å². The monoisotopic (exact) mass is 274 g/mol. The normalized spacial score (nSPS) is 10.2. The summed E-state index contributed by atoms with van der Waals surface area (Å²) in [6.45, 7) is 2.01. The van der Waals surface area contributed by atoms with E-state index in [2.05, 4.69) is 15.3 Å². The summed E-state index contributed by atoms with van der Waals surface area (Å²) in [5, 5.41) is 3.22. The zero-order valence-electron chi connectivity index (χ0n) is 11.8. The number of rotatable bonds is 5. The molecule has 0 aliphatic heterocycles. The standard InChI is InChI=1S/C14H18N4O2/c1-4-10-13(15)16-8-17-14(10)18-11-6-5-9(19-2)7-12(11)20-3/h5-8H,4H2,1-3H3,(H3,15,16,17,18). The molecule has 6 heteroatoms. The molecule has 6 nitrogen and oxygen atoms in total. The van der Waals surface area contributed by atoms with E-state index in [4.69, 9.17) is 15.2 Å². The summed E-state index contributed by atoms with van der Waals surface area (Å²) in [5.74, 6) is 2.56. The Morgan fingerprint density at radius 3 is 2.65 bits per heavy atom. The van der Waals surface area contributed by atoms with Gasteiger partial charge < -0.3 is 20.5 Å². The first-order valence-corrected chi connectivity index (χ1v) is 6.28. The number of anilines is 3. The molecule has 0 saturated carbocycles. The molecular weight excluding hydrogens is 256 g/mol. The largest absolute Gasteiger partial charge is 0.497 e. The van der Waals surface area contributed by atoms with Crippen LogP contribution in [-0.4, -0.2) is 24.2 Å². The molecule has 20 heavy (non-hydrogen) atoms. The maximum Gasteiger partial charge on any atom is 0.146 e. The second-order valence-corrected chi connectivity index (χ2v) is 4.13. The van der Waals surface area contributed by atoms with Crippen LogP contribution in [0.4, 0.5) is 17.3 Å². The van der Waals surface area contributed by atoms with Gasteiger partial charge in [-0.1, -0.05) is 6.92 Å². The van der Waals surface area contributed by atoms with Crippen LogP contribution in [0.2, 0.25) is 0 Å². The van der Waals surface area contributed by atoms with E-state index in [1.807, 2.05) is 19.1 Å². The quantitative estimate of drug-likeness (QED) is 0.871. The van der Waals surface area contributed by atoms with Crippen LogP contribution in [0.5, 0.6) is 11.5 Å². The Morgan fingerprint density at radius 1 is 1.20 bits per heavy atom. The van der Waals surface area contributed by atoms with Gasteiger partial charge in [0.2, 0.25) is 0 Å². The lowest BCUT2D eigenvalue weighted by Gasteiger charge is -2.14. The molecular formula is C14H18N4O2. The highest BCUT2D eigenvalue weighted by Gasteiger charge is 2.11. The van der Waals surface area contributed by atoms with Gasteiger partial charge in [0, 0.05) is 11.6 Å². The number of hydrogen-bond donors (Lipinski definition) is 2. The number of nitrogen functional groups attached to an aromatic ring is 1. The molecule has 0 atom stereocenters. The van der Waals surface area contributed by atoms with Crippen LogP contribution in [0.25, 0.3) is 0 Å². The van der Waals surface area contributed by atoms with E-state index >= 15 is 0 Å². The number of nitrogens with one attached hydrogen (secondary N) is 1. The smallest absolute Gasteiger partial charge is 0.146 e. The van der Waals surface area contributed by atoms with Crippen LogP contribution in [0.3, 0.4) is 0 Å². The van der Waals surface area contributed by atoms with Crippen molar-refractivity contribution in [1.82, 2.24) is 9.97 Å². The van der Waals surface area contributed by atoms with Crippen LogP contribution >= 0.6 is 0 Å². The van der Waals surface area contributed by atoms with Gasteiger partial charge in [-0.05, 0) is 18.6 Å². The van der Waals surface area contributed by atoms with Gasteiger partial charge in [-0.2, -0.15) is 0 Å². The topological polar surface area (TPSA) is 82.3 Å². The zero-order chi connectivity index (χ0) is 14.5. The van der Waals surface area contributed by atoms with E-state index in [-0.39, 0.29) is 0 Å². The van der Waals surface area contributed by atoms with Gasteiger partial charge in [-0.15, -0.1) is 0 Å². The molecule has 1 heterocycles. The lowest BCUT2D eigenvalue weighted by Crippen LogP contribution is -2.05. The molecule has 106 valence electrons. The van der Waals surface area contributed by atoms with E-state index in [0.29, 0.717) is 17.4 Å². The minimum atomic E-state index is 0.484. The van der Waals surface area contributed by atoms with Crippen molar-refractivity contribution >= 4 is 17.3 Å². The molecule has 0 aliphatic carbocycles. The predicted molar refractivity (Wildman–Crippen MR) is 78.7 cm³/mol. The highest BCUT2D eigenvalue weighted by atomic mass is 16.5. The summed E-state index contributed by atoms with van der Waals surface area (Å²) in [6.07, 6.45) is 2.18. The van der Waals surface area contributed by atoms with Crippen LogP contribution in [0.1, 0.15) is 12.5 Å². The van der Waals surface area contributed by atoms with Gasteiger partial charge in [0.1, 0.15) is 29.5 Å². The first kappa shape index (κ1) is 13.9. The van der Waals surface area contributed by atoms with E-state index in [0.717, 1.165) is 23.4 Å². The predicted octanol–water partition coefficient (Wildman–Crippen LogP) is 2.38. The molecule has 0 bridgehead atoms. The number of ether oxygens (including phenoxy) is 2. The summed E-state index contributed by atoms with van der Waals surface area (Å²) < 4.78 is 10.5. The summed E-state index contributed by atoms with van der Waals surface area (Å²) in [6, 6.07) is 5.52. The van der Waals surface area contributed by atoms with Crippen LogP contribution < -0.4 is 20.5 Å². The van der Waals surface area contributed by atoms with Crippen molar-refractivity contribution < 1.29 is 9.47 Å². The number of hydrogen-bond acceptors (Lipinski definition) is 6. The maximum absolute atomic E-state index is 5.86. The Hall–Kier alpha value is -2.50. The number of aromatic nitrogens is 2. The van der Waals surface area contributed by atoms with Crippen LogP contribution in [-0.2, 0) is 6.42 Å². The molecule has 3 N–H and O–H groups in total. The van der Waals surface area contributed by atoms with Crippen molar-refractivity contribution in [3.8, 4) is 11.5 Å². The van der Waals surface area contributed by atoms with Gasteiger partial charge in [-0.25, -0.2) is 9.97 Å². The van der Waals surface area contributed by atoms with Gasteiger partial charge in [0.15, 0.2) is 0 Å². The SMILES string of the molecule is CCc1c(N)ncnc1Nc1ccc(OC)cc1OC. The Balaban J connectivity index is 2.37. The average Bonchev–Trinajstić information content (AvgIpc) is 2.48. The molecule has 1 aromatic heterocycles. The number of nitrogens with zero attached hydrogens (tertiary/aromatic N) is 2. The first-order valence-electron chi connectivity index (χ1n) is 6.28. The summed E-state index contributed by atoms with van der Waals surface area (Å²) in [4.78, 5) is 8.23. The lowest BCUT2D eigenvalue weighted by atomic mass is 10.2. The highest BCUT2D eigenvalue weighted by Crippen LogP contribution is 2.32. The molecule has 0 saturated heterocycles. The second-order valence-electron chi connectivity index (χ2n) is 4.13. The molecule has 0 radical (unpaired) electrons. The molecule has 1 aromatic carbocycles. The Labute approximate surface area is 118 Å². The van der Waals surface area contributed by atoms with Gasteiger partial charge in [-0.3, -0.25) is 0 Å². The van der Waals surface area contributed by atoms with E-state index in [1.165, 1.54) is 6.33 Å². The average molecular weight is 274 g/mol. The van der Waals surface area contributed by atoms with Crippen molar-refractivity contribution in [3.05, 3.63) is 30.1 Å². The minimum Gasteiger partial charge on any atom is -0.497 e. The number of nitrogens with two attached hydrogens (primary N) is 1. The number of methoxy groups -OCH3 is 2. The molecule has 0 unspecified atom stereocenters. The second kappa shape index (κ2) is 6.10. The molecule has 0 spiro atoms. The maximum atomic E-state index is 5.86. The van der Waals surface area contributed by atoms with Gasteiger partial charge >= 0.3 is 0 Å². The zero-order valence-corrected chi connectivity index (χ0v) is 11.8. The molecule has 0 aliphatic rings.